The molecule has 54 valence electrons. The largest absolute Gasteiger partial charge is 0.396 e. The Labute approximate surface area is 58.3 Å². The van der Waals surface area contributed by atoms with E-state index in [1.54, 1.807) is 0 Å². The second-order valence-corrected chi connectivity index (χ2v) is 1.91. The first kappa shape index (κ1) is 7.15. The van der Waals surface area contributed by atoms with Gasteiger partial charge in [-0.3, -0.25) is 4.98 Å². The summed E-state index contributed by atoms with van der Waals surface area (Å²) in [5, 5.41) is 8.44. The van der Waals surface area contributed by atoms with Gasteiger partial charge >= 0.3 is 0 Å². The third kappa shape index (κ3) is 1.51. The standard InChI is InChI=1S/C7H8FNO/c8-6-2-1-4-9-7(6)3-5-10/h1-2,4,10H,3,5H2. The molecule has 0 fully saturated rings. The van der Waals surface area contributed by atoms with E-state index in [9.17, 15) is 4.39 Å². The highest BCUT2D eigenvalue weighted by Gasteiger charge is 1.98. The maximum atomic E-state index is 12.6. The van der Waals surface area contributed by atoms with Gasteiger partial charge < -0.3 is 5.11 Å². The van der Waals surface area contributed by atoms with Gasteiger partial charge in [-0.2, -0.15) is 0 Å². The molecule has 1 aromatic rings. The van der Waals surface area contributed by atoms with Crippen molar-refractivity contribution >= 4 is 0 Å². The lowest BCUT2D eigenvalue weighted by atomic mass is 10.3. The van der Waals surface area contributed by atoms with Crippen LogP contribution in [-0.4, -0.2) is 16.7 Å². The smallest absolute Gasteiger partial charge is 0.144 e. The lowest BCUT2D eigenvalue weighted by Crippen LogP contribution is -1.97. The maximum Gasteiger partial charge on any atom is 0.144 e. The van der Waals surface area contributed by atoms with Crippen LogP contribution in [0, 0.1) is 5.82 Å². The second kappa shape index (κ2) is 3.27. The van der Waals surface area contributed by atoms with E-state index in [-0.39, 0.29) is 18.8 Å². The van der Waals surface area contributed by atoms with Crippen LogP contribution in [0.1, 0.15) is 5.69 Å². The van der Waals surface area contributed by atoms with Gasteiger partial charge in [-0.15, -0.1) is 0 Å². The van der Waals surface area contributed by atoms with E-state index in [0.717, 1.165) is 0 Å². The Balaban J connectivity index is 2.81. The summed E-state index contributed by atoms with van der Waals surface area (Å²) < 4.78 is 12.6. The molecule has 1 heterocycles. The van der Waals surface area contributed by atoms with Gasteiger partial charge in [0.25, 0.3) is 0 Å². The van der Waals surface area contributed by atoms with E-state index in [4.69, 9.17) is 5.11 Å². The zero-order chi connectivity index (χ0) is 7.40. The van der Waals surface area contributed by atoms with Gasteiger partial charge in [0.1, 0.15) is 5.82 Å². The lowest BCUT2D eigenvalue weighted by Gasteiger charge is -1.96. The molecule has 0 saturated heterocycles. The quantitative estimate of drug-likeness (QED) is 0.659. The van der Waals surface area contributed by atoms with Crippen molar-refractivity contribution in [2.75, 3.05) is 6.61 Å². The molecule has 0 bridgehead atoms. The molecular weight excluding hydrogens is 133 g/mol. The van der Waals surface area contributed by atoms with Crippen LogP contribution in [0.5, 0.6) is 0 Å². The minimum atomic E-state index is -0.350. The highest BCUT2D eigenvalue weighted by atomic mass is 19.1. The number of hydrogen-bond donors (Lipinski definition) is 1. The number of nitrogens with zero attached hydrogens (tertiary/aromatic N) is 1. The molecule has 0 aliphatic rings. The molecule has 0 aliphatic heterocycles. The van der Waals surface area contributed by atoms with E-state index >= 15 is 0 Å². The topological polar surface area (TPSA) is 33.1 Å². The fourth-order valence-electron chi connectivity index (χ4n) is 0.708. The van der Waals surface area contributed by atoms with Crippen molar-refractivity contribution in [2.45, 2.75) is 6.42 Å². The molecule has 0 unspecified atom stereocenters. The molecule has 0 spiro atoms. The normalized spacial score (nSPS) is 9.80. The molecule has 1 rings (SSSR count). The highest BCUT2D eigenvalue weighted by molar-refractivity contribution is 5.06. The molecule has 3 heteroatoms. The van der Waals surface area contributed by atoms with Gasteiger partial charge in [-0.25, -0.2) is 4.39 Å². The summed E-state index contributed by atoms with van der Waals surface area (Å²) in [5.41, 5.74) is 0.324. The number of hydrogen-bond acceptors (Lipinski definition) is 2. The van der Waals surface area contributed by atoms with E-state index < -0.39 is 0 Å². The summed E-state index contributed by atoms with van der Waals surface area (Å²) in [4.78, 5) is 3.73. The molecule has 1 N–H and O–H groups in total. The Morgan fingerprint density at radius 2 is 2.40 bits per heavy atom. The average Bonchev–Trinajstić information content (AvgIpc) is 1.94. The van der Waals surface area contributed by atoms with Crippen LogP contribution in [0.25, 0.3) is 0 Å². The van der Waals surface area contributed by atoms with Crippen LogP contribution in [0.15, 0.2) is 18.3 Å². The van der Waals surface area contributed by atoms with Gasteiger partial charge in [0.15, 0.2) is 0 Å². The molecule has 10 heavy (non-hydrogen) atoms. The predicted octanol–water partition coefficient (Wildman–Crippen LogP) is 0.756. The Morgan fingerprint density at radius 3 is 3.00 bits per heavy atom. The molecule has 1 aromatic heterocycles. The summed E-state index contributed by atoms with van der Waals surface area (Å²) in [5.74, 6) is -0.350. The van der Waals surface area contributed by atoms with Gasteiger partial charge in [-0.05, 0) is 12.1 Å². The zero-order valence-corrected chi connectivity index (χ0v) is 5.42. The molecule has 0 aromatic carbocycles. The third-order valence-electron chi connectivity index (χ3n) is 1.18. The van der Waals surface area contributed by atoms with Crippen LogP contribution in [0.4, 0.5) is 4.39 Å². The summed E-state index contributed by atoms with van der Waals surface area (Å²) in [7, 11) is 0. The van der Waals surface area contributed by atoms with Crippen LogP contribution in [-0.2, 0) is 6.42 Å². The third-order valence-corrected chi connectivity index (χ3v) is 1.18. The zero-order valence-electron chi connectivity index (χ0n) is 5.42. The molecule has 0 radical (unpaired) electrons. The van der Waals surface area contributed by atoms with Gasteiger partial charge in [0.2, 0.25) is 0 Å². The van der Waals surface area contributed by atoms with E-state index in [0.29, 0.717) is 5.69 Å². The van der Waals surface area contributed by atoms with Crippen molar-refractivity contribution < 1.29 is 9.50 Å². The van der Waals surface area contributed by atoms with Gasteiger partial charge in [-0.1, -0.05) is 0 Å². The van der Waals surface area contributed by atoms with Gasteiger partial charge in [0, 0.05) is 19.2 Å². The molecule has 0 atom stereocenters. The van der Waals surface area contributed by atoms with Crippen LogP contribution >= 0.6 is 0 Å². The molecule has 2 nitrogen and oxygen atoms in total. The lowest BCUT2D eigenvalue weighted by molar-refractivity contribution is 0.296. The van der Waals surface area contributed by atoms with Crippen molar-refractivity contribution in [3.05, 3.63) is 29.8 Å². The molecule has 0 saturated carbocycles. The first-order valence-electron chi connectivity index (χ1n) is 3.05. The van der Waals surface area contributed by atoms with Crippen molar-refractivity contribution in [2.24, 2.45) is 0 Å². The number of aromatic nitrogens is 1. The Bertz CT molecular complexity index is 215. The summed E-state index contributed by atoms with van der Waals surface area (Å²) in [6.07, 6.45) is 1.79. The van der Waals surface area contributed by atoms with Crippen LogP contribution < -0.4 is 0 Å². The predicted molar refractivity (Wildman–Crippen MR) is 35.0 cm³/mol. The van der Waals surface area contributed by atoms with E-state index in [1.165, 1.54) is 18.3 Å². The minimum absolute atomic E-state index is 0.0616. The monoisotopic (exact) mass is 141 g/mol. The molecule has 0 aliphatic carbocycles. The first-order valence-corrected chi connectivity index (χ1v) is 3.05. The van der Waals surface area contributed by atoms with Crippen molar-refractivity contribution in [3.63, 3.8) is 0 Å². The van der Waals surface area contributed by atoms with E-state index in [2.05, 4.69) is 4.98 Å². The summed E-state index contributed by atoms with van der Waals surface area (Å²) >= 11 is 0. The Kier molecular flexibility index (Phi) is 2.34. The summed E-state index contributed by atoms with van der Waals surface area (Å²) in [6, 6.07) is 2.86. The number of halogens is 1. The summed E-state index contributed by atoms with van der Waals surface area (Å²) in [6.45, 7) is -0.0616. The maximum absolute atomic E-state index is 12.6. The molecule has 0 amide bonds. The first-order chi connectivity index (χ1) is 4.84. The Morgan fingerprint density at radius 1 is 1.60 bits per heavy atom. The van der Waals surface area contributed by atoms with Crippen LogP contribution in [0.2, 0.25) is 0 Å². The fourth-order valence-corrected chi connectivity index (χ4v) is 0.708. The minimum Gasteiger partial charge on any atom is -0.396 e. The molecular formula is C7H8FNO. The van der Waals surface area contributed by atoms with Crippen molar-refractivity contribution in [1.29, 1.82) is 0 Å². The highest BCUT2D eigenvalue weighted by Crippen LogP contribution is 2.01. The Hall–Kier alpha value is -0.960. The number of aliphatic hydroxyl groups is 1. The van der Waals surface area contributed by atoms with E-state index in [1.807, 2.05) is 0 Å². The van der Waals surface area contributed by atoms with Crippen LogP contribution in [0.3, 0.4) is 0 Å². The van der Waals surface area contributed by atoms with Crippen molar-refractivity contribution in [3.8, 4) is 0 Å². The number of pyridine rings is 1. The number of rotatable bonds is 2. The average molecular weight is 141 g/mol. The number of aliphatic hydroxyl groups excluding tert-OH is 1. The fraction of sp³-hybridized carbons (Fsp3) is 0.286. The second-order valence-electron chi connectivity index (χ2n) is 1.91. The van der Waals surface area contributed by atoms with Gasteiger partial charge in [0.05, 0.1) is 5.69 Å². The van der Waals surface area contributed by atoms with Crippen molar-refractivity contribution in [1.82, 2.24) is 4.98 Å². The SMILES string of the molecule is OCCc1ncccc1F.